The fourth-order valence-electron chi connectivity index (χ4n) is 1.45. The Morgan fingerprint density at radius 3 is 2.94 bits per heavy atom. The summed E-state index contributed by atoms with van der Waals surface area (Å²) in [6.07, 6.45) is 3.58. The summed E-state index contributed by atoms with van der Waals surface area (Å²) in [5.41, 5.74) is 0.933. The van der Waals surface area contributed by atoms with Crippen molar-refractivity contribution >= 4 is 0 Å². The number of ether oxygens (including phenoxy) is 1. The first-order valence-electron chi connectivity index (χ1n) is 6.00. The predicted octanol–water partition coefficient (Wildman–Crippen LogP) is 3.28. The second kappa shape index (κ2) is 7.85. The van der Waals surface area contributed by atoms with Crippen LogP contribution in [0.4, 0.5) is 4.39 Å². The smallest absolute Gasteiger partial charge is 0.165 e. The lowest BCUT2D eigenvalue weighted by molar-refractivity contribution is 0.296. The zero-order valence-electron chi connectivity index (χ0n) is 10.3. The molecule has 0 radical (unpaired) electrons. The highest BCUT2D eigenvalue weighted by atomic mass is 19.1. The van der Waals surface area contributed by atoms with Crippen LogP contribution in [0.1, 0.15) is 25.3 Å². The molecular weight excluding hydrogens is 217 g/mol. The fraction of sp³-hybridized carbons (Fsp3) is 0.429. The maximum atomic E-state index is 13.6. The third-order valence-corrected chi connectivity index (χ3v) is 2.39. The van der Waals surface area contributed by atoms with Gasteiger partial charge in [-0.25, -0.2) is 4.39 Å². The van der Waals surface area contributed by atoms with Crippen LogP contribution in [0, 0.1) is 5.82 Å². The SMILES string of the molecule is C=CCCCOc1ccc(CNCC)cc1F. The van der Waals surface area contributed by atoms with E-state index in [0.29, 0.717) is 18.9 Å². The molecule has 0 spiro atoms. The molecule has 0 saturated carbocycles. The van der Waals surface area contributed by atoms with Gasteiger partial charge in [0.15, 0.2) is 11.6 Å². The molecule has 17 heavy (non-hydrogen) atoms. The molecule has 0 aromatic heterocycles. The largest absolute Gasteiger partial charge is 0.491 e. The normalized spacial score (nSPS) is 10.2. The Bertz CT molecular complexity index is 352. The average Bonchev–Trinajstić information content (AvgIpc) is 2.34. The van der Waals surface area contributed by atoms with Gasteiger partial charge in [-0.3, -0.25) is 0 Å². The first-order valence-corrected chi connectivity index (χ1v) is 6.00. The van der Waals surface area contributed by atoms with Crippen LogP contribution in [0.2, 0.25) is 0 Å². The van der Waals surface area contributed by atoms with Crippen molar-refractivity contribution in [2.75, 3.05) is 13.2 Å². The van der Waals surface area contributed by atoms with Gasteiger partial charge in [0, 0.05) is 6.54 Å². The number of allylic oxidation sites excluding steroid dienone is 1. The Balaban J connectivity index is 2.47. The molecule has 94 valence electrons. The Labute approximate surface area is 102 Å². The maximum Gasteiger partial charge on any atom is 0.165 e. The van der Waals surface area contributed by atoms with Crippen molar-refractivity contribution in [3.63, 3.8) is 0 Å². The maximum absolute atomic E-state index is 13.6. The molecule has 0 amide bonds. The van der Waals surface area contributed by atoms with E-state index in [1.54, 1.807) is 6.07 Å². The van der Waals surface area contributed by atoms with E-state index in [1.165, 1.54) is 6.07 Å². The van der Waals surface area contributed by atoms with Gasteiger partial charge in [0.2, 0.25) is 0 Å². The van der Waals surface area contributed by atoms with Crippen molar-refractivity contribution in [3.8, 4) is 5.75 Å². The molecule has 0 heterocycles. The van der Waals surface area contributed by atoms with Gasteiger partial charge in [-0.1, -0.05) is 19.1 Å². The van der Waals surface area contributed by atoms with Crippen molar-refractivity contribution in [1.82, 2.24) is 5.32 Å². The minimum Gasteiger partial charge on any atom is -0.491 e. The number of halogens is 1. The third kappa shape index (κ3) is 5.00. The van der Waals surface area contributed by atoms with Gasteiger partial charge in [-0.2, -0.15) is 0 Å². The number of nitrogens with one attached hydrogen (secondary N) is 1. The monoisotopic (exact) mass is 237 g/mol. The van der Waals surface area contributed by atoms with E-state index >= 15 is 0 Å². The van der Waals surface area contributed by atoms with Crippen molar-refractivity contribution in [3.05, 3.63) is 42.2 Å². The summed E-state index contributed by atoms with van der Waals surface area (Å²) >= 11 is 0. The molecule has 0 unspecified atom stereocenters. The Hall–Kier alpha value is -1.35. The molecule has 1 rings (SSSR count). The molecule has 0 saturated heterocycles. The number of rotatable bonds is 8. The molecule has 1 N–H and O–H groups in total. The number of hydrogen-bond acceptors (Lipinski definition) is 2. The summed E-state index contributed by atoms with van der Waals surface area (Å²) in [4.78, 5) is 0. The molecule has 2 nitrogen and oxygen atoms in total. The van der Waals surface area contributed by atoms with E-state index in [-0.39, 0.29) is 5.82 Å². The predicted molar refractivity (Wildman–Crippen MR) is 68.7 cm³/mol. The summed E-state index contributed by atoms with van der Waals surface area (Å²) in [7, 11) is 0. The molecule has 0 atom stereocenters. The van der Waals surface area contributed by atoms with Crippen LogP contribution in [0.25, 0.3) is 0 Å². The number of benzene rings is 1. The van der Waals surface area contributed by atoms with E-state index in [4.69, 9.17) is 4.74 Å². The molecule has 3 heteroatoms. The molecule has 0 aliphatic heterocycles. The average molecular weight is 237 g/mol. The van der Waals surface area contributed by atoms with Gasteiger partial charge in [-0.05, 0) is 37.1 Å². The van der Waals surface area contributed by atoms with Gasteiger partial charge >= 0.3 is 0 Å². The Morgan fingerprint density at radius 2 is 2.29 bits per heavy atom. The van der Waals surface area contributed by atoms with Crippen molar-refractivity contribution in [2.24, 2.45) is 0 Å². The molecule has 0 bridgehead atoms. The summed E-state index contributed by atoms with van der Waals surface area (Å²) in [5, 5.41) is 3.15. The van der Waals surface area contributed by atoms with E-state index in [2.05, 4.69) is 11.9 Å². The van der Waals surface area contributed by atoms with Crippen LogP contribution in [-0.4, -0.2) is 13.2 Å². The fourth-order valence-corrected chi connectivity index (χ4v) is 1.45. The first kappa shape index (κ1) is 13.7. The van der Waals surface area contributed by atoms with E-state index in [9.17, 15) is 4.39 Å². The van der Waals surface area contributed by atoms with Crippen LogP contribution in [0.5, 0.6) is 5.75 Å². The highest BCUT2D eigenvalue weighted by Crippen LogP contribution is 2.18. The third-order valence-electron chi connectivity index (χ3n) is 2.39. The molecule has 1 aromatic carbocycles. The first-order chi connectivity index (χ1) is 8.27. The van der Waals surface area contributed by atoms with Crippen LogP contribution in [0.3, 0.4) is 0 Å². The molecule has 0 aliphatic carbocycles. The quantitative estimate of drug-likeness (QED) is 0.553. The van der Waals surface area contributed by atoms with E-state index in [1.807, 2.05) is 19.1 Å². The minimum atomic E-state index is -0.293. The van der Waals surface area contributed by atoms with E-state index in [0.717, 1.165) is 24.9 Å². The molecule has 0 aliphatic rings. The summed E-state index contributed by atoms with van der Waals surface area (Å²) < 4.78 is 19.0. The van der Waals surface area contributed by atoms with Crippen molar-refractivity contribution in [2.45, 2.75) is 26.3 Å². The summed E-state index contributed by atoms with van der Waals surface area (Å²) in [6.45, 7) is 7.73. The van der Waals surface area contributed by atoms with Gasteiger partial charge in [0.25, 0.3) is 0 Å². The molecule has 1 aromatic rings. The summed E-state index contributed by atoms with van der Waals surface area (Å²) in [5.74, 6) is 0.0355. The standard InChI is InChI=1S/C14H20FNO/c1-3-5-6-9-17-14-8-7-12(10-13(14)15)11-16-4-2/h3,7-8,10,16H,1,4-6,9,11H2,2H3. The van der Waals surface area contributed by atoms with Crippen LogP contribution in [-0.2, 0) is 6.54 Å². The highest BCUT2D eigenvalue weighted by molar-refractivity contribution is 5.29. The van der Waals surface area contributed by atoms with Gasteiger partial charge in [-0.15, -0.1) is 6.58 Å². The zero-order valence-corrected chi connectivity index (χ0v) is 10.3. The van der Waals surface area contributed by atoms with E-state index < -0.39 is 0 Å². The number of unbranched alkanes of at least 4 members (excludes halogenated alkanes) is 1. The summed E-state index contributed by atoms with van der Waals surface area (Å²) in [6, 6.07) is 5.09. The Kier molecular flexibility index (Phi) is 6.33. The lowest BCUT2D eigenvalue weighted by Gasteiger charge is -2.08. The lowest BCUT2D eigenvalue weighted by Crippen LogP contribution is -2.11. The van der Waals surface area contributed by atoms with Gasteiger partial charge < -0.3 is 10.1 Å². The lowest BCUT2D eigenvalue weighted by atomic mass is 10.2. The van der Waals surface area contributed by atoms with Crippen LogP contribution < -0.4 is 10.1 Å². The molecule has 0 fully saturated rings. The highest BCUT2D eigenvalue weighted by Gasteiger charge is 2.04. The Morgan fingerprint density at radius 1 is 1.47 bits per heavy atom. The zero-order chi connectivity index (χ0) is 12.5. The van der Waals surface area contributed by atoms with Crippen LogP contribution >= 0.6 is 0 Å². The molecular formula is C14H20FNO. The van der Waals surface area contributed by atoms with Crippen molar-refractivity contribution < 1.29 is 9.13 Å². The van der Waals surface area contributed by atoms with Crippen LogP contribution in [0.15, 0.2) is 30.9 Å². The number of hydrogen-bond donors (Lipinski definition) is 1. The minimum absolute atomic E-state index is 0.293. The van der Waals surface area contributed by atoms with Crippen molar-refractivity contribution in [1.29, 1.82) is 0 Å². The topological polar surface area (TPSA) is 21.3 Å². The second-order valence-corrected chi connectivity index (χ2v) is 3.82. The van der Waals surface area contributed by atoms with Gasteiger partial charge in [0.1, 0.15) is 0 Å². The second-order valence-electron chi connectivity index (χ2n) is 3.82. The van der Waals surface area contributed by atoms with Gasteiger partial charge in [0.05, 0.1) is 6.61 Å².